The predicted molar refractivity (Wildman–Crippen MR) is 76.4 cm³/mol. The summed E-state index contributed by atoms with van der Waals surface area (Å²) in [5.41, 5.74) is 1.14. The highest BCUT2D eigenvalue weighted by Crippen LogP contribution is 2.28. The van der Waals surface area contributed by atoms with Crippen LogP contribution < -0.4 is 4.74 Å². The number of hydrogen-bond acceptors (Lipinski definition) is 3. The summed E-state index contributed by atoms with van der Waals surface area (Å²) in [4.78, 5) is 13.1. The number of methoxy groups -OCH3 is 1. The highest BCUT2D eigenvalue weighted by atomic mass is 79.9. The third-order valence-corrected chi connectivity index (χ3v) is 4.31. The van der Waals surface area contributed by atoms with E-state index < -0.39 is 5.97 Å². The molecule has 0 radical (unpaired) electrons. The zero-order valence-electron chi connectivity index (χ0n) is 10.9. The molecule has 104 valence electrons. The monoisotopic (exact) mass is 327 g/mol. The molecule has 0 spiro atoms. The Morgan fingerprint density at radius 2 is 2.37 bits per heavy atom. The topological polar surface area (TPSA) is 49.8 Å². The van der Waals surface area contributed by atoms with Crippen molar-refractivity contribution in [3.05, 3.63) is 28.2 Å². The maximum atomic E-state index is 10.9. The van der Waals surface area contributed by atoms with E-state index in [4.69, 9.17) is 9.84 Å². The molecule has 0 amide bonds. The van der Waals surface area contributed by atoms with Crippen LogP contribution in [0.2, 0.25) is 0 Å². The van der Waals surface area contributed by atoms with Crippen molar-refractivity contribution in [2.45, 2.75) is 31.8 Å². The van der Waals surface area contributed by atoms with Crippen molar-refractivity contribution in [1.82, 2.24) is 4.90 Å². The van der Waals surface area contributed by atoms with Crippen LogP contribution >= 0.6 is 15.9 Å². The lowest BCUT2D eigenvalue weighted by Gasteiger charge is -2.23. The summed E-state index contributed by atoms with van der Waals surface area (Å²) in [5.74, 6) is 0.105. The normalized spacial score (nSPS) is 19.6. The van der Waals surface area contributed by atoms with Gasteiger partial charge in [0.2, 0.25) is 0 Å². The van der Waals surface area contributed by atoms with Gasteiger partial charge in [0.15, 0.2) is 0 Å². The molecule has 0 bridgehead atoms. The number of carboxylic acids is 1. The van der Waals surface area contributed by atoms with E-state index in [1.807, 2.05) is 18.2 Å². The largest absolute Gasteiger partial charge is 0.497 e. The third kappa shape index (κ3) is 3.70. The van der Waals surface area contributed by atoms with Gasteiger partial charge in [-0.15, -0.1) is 0 Å². The molecule has 19 heavy (non-hydrogen) atoms. The van der Waals surface area contributed by atoms with Gasteiger partial charge in [0.1, 0.15) is 5.75 Å². The van der Waals surface area contributed by atoms with Crippen LogP contribution in [0.4, 0.5) is 0 Å². The molecule has 0 aromatic heterocycles. The fourth-order valence-electron chi connectivity index (χ4n) is 2.55. The molecule has 0 aliphatic carbocycles. The first-order valence-corrected chi connectivity index (χ1v) is 7.17. The molecule has 1 fully saturated rings. The van der Waals surface area contributed by atoms with Gasteiger partial charge in [0.25, 0.3) is 0 Å². The molecule has 1 unspecified atom stereocenters. The first-order valence-electron chi connectivity index (χ1n) is 6.38. The molecule has 1 atom stereocenters. The fourth-order valence-corrected chi connectivity index (χ4v) is 2.93. The third-order valence-electron chi connectivity index (χ3n) is 3.54. The van der Waals surface area contributed by atoms with E-state index in [1.54, 1.807) is 7.11 Å². The highest BCUT2D eigenvalue weighted by Gasteiger charge is 2.26. The molecule has 1 aromatic carbocycles. The minimum atomic E-state index is -0.721. The van der Waals surface area contributed by atoms with Gasteiger partial charge in [-0.3, -0.25) is 9.69 Å². The van der Waals surface area contributed by atoms with Gasteiger partial charge in [-0.1, -0.05) is 15.9 Å². The van der Waals surface area contributed by atoms with Crippen molar-refractivity contribution in [2.24, 2.45) is 0 Å². The Labute approximate surface area is 121 Å². The van der Waals surface area contributed by atoms with Gasteiger partial charge < -0.3 is 9.84 Å². The minimum absolute atomic E-state index is 0.149. The molecule has 0 saturated carbocycles. The summed E-state index contributed by atoms with van der Waals surface area (Å²) in [6.45, 7) is 1.72. The second kappa shape index (κ2) is 6.39. The summed E-state index contributed by atoms with van der Waals surface area (Å²) in [6.07, 6.45) is 2.26. The number of carboxylic acid groups (broad SMARTS) is 1. The second-order valence-electron chi connectivity index (χ2n) is 4.82. The van der Waals surface area contributed by atoms with Gasteiger partial charge in [0.05, 0.1) is 13.5 Å². The molecule has 1 aliphatic heterocycles. The van der Waals surface area contributed by atoms with Crippen molar-refractivity contribution in [2.75, 3.05) is 13.7 Å². The van der Waals surface area contributed by atoms with E-state index in [9.17, 15) is 4.79 Å². The maximum Gasteiger partial charge on any atom is 0.304 e. The van der Waals surface area contributed by atoms with Crippen molar-refractivity contribution < 1.29 is 14.6 Å². The van der Waals surface area contributed by atoms with Gasteiger partial charge >= 0.3 is 5.97 Å². The zero-order valence-corrected chi connectivity index (χ0v) is 12.5. The van der Waals surface area contributed by atoms with Crippen molar-refractivity contribution in [3.63, 3.8) is 0 Å². The lowest BCUT2D eigenvalue weighted by Crippen LogP contribution is -2.31. The summed E-state index contributed by atoms with van der Waals surface area (Å²) < 4.78 is 6.27. The molecule has 5 heteroatoms. The van der Waals surface area contributed by atoms with E-state index in [0.29, 0.717) is 0 Å². The Hall–Kier alpha value is -1.07. The number of ether oxygens (including phenoxy) is 1. The Morgan fingerprint density at radius 1 is 1.58 bits per heavy atom. The summed E-state index contributed by atoms with van der Waals surface area (Å²) in [7, 11) is 1.65. The molecular weight excluding hydrogens is 310 g/mol. The lowest BCUT2D eigenvalue weighted by molar-refractivity contribution is -0.138. The number of nitrogens with zero attached hydrogens (tertiary/aromatic N) is 1. The predicted octanol–water partition coefficient (Wildman–Crippen LogP) is 2.90. The van der Waals surface area contributed by atoms with Gasteiger partial charge in [-0.2, -0.15) is 0 Å². The van der Waals surface area contributed by atoms with Crippen LogP contribution in [0.15, 0.2) is 22.7 Å². The lowest BCUT2D eigenvalue weighted by atomic mass is 10.1. The van der Waals surface area contributed by atoms with Crippen molar-refractivity contribution in [1.29, 1.82) is 0 Å². The van der Waals surface area contributed by atoms with Crippen molar-refractivity contribution in [3.8, 4) is 5.75 Å². The Kier molecular flexibility index (Phi) is 4.82. The average molecular weight is 328 g/mol. The zero-order chi connectivity index (χ0) is 13.8. The smallest absolute Gasteiger partial charge is 0.304 e. The first kappa shape index (κ1) is 14.3. The van der Waals surface area contributed by atoms with Crippen LogP contribution in [0.3, 0.4) is 0 Å². The van der Waals surface area contributed by atoms with Crippen molar-refractivity contribution >= 4 is 21.9 Å². The number of aliphatic carboxylic acids is 1. The SMILES string of the molecule is COc1ccc(Br)c(CN2CCCC2CC(=O)O)c1. The summed E-state index contributed by atoms with van der Waals surface area (Å²) in [5, 5.41) is 8.94. The Balaban J connectivity index is 2.09. The van der Waals surface area contributed by atoms with Crippen LogP contribution in [0.5, 0.6) is 5.75 Å². The highest BCUT2D eigenvalue weighted by molar-refractivity contribution is 9.10. The van der Waals surface area contributed by atoms with Gasteiger partial charge in [-0.25, -0.2) is 0 Å². The summed E-state index contributed by atoms with van der Waals surface area (Å²) in [6, 6.07) is 6.03. The van der Waals surface area contributed by atoms with Crippen LogP contribution in [0, 0.1) is 0 Å². The van der Waals surface area contributed by atoms with Gasteiger partial charge in [0, 0.05) is 17.1 Å². The Morgan fingerprint density at radius 3 is 3.05 bits per heavy atom. The molecule has 1 saturated heterocycles. The van der Waals surface area contributed by atoms with E-state index >= 15 is 0 Å². The molecule has 1 aromatic rings. The Bertz CT molecular complexity index is 464. The molecule has 1 aliphatic rings. The van der Waals surface area contributed by atoms with E-state index in [0.717, 1.165) is 41.7 Å². The molecule has 1 N–H and O–H groups in total. The molecule has 1 heterocycles. The quantitative estimate of drug-likeness (QED) is 0.903. The average Bonchev–Trinajstić information content (AvgIpc) is 2.78. The first-order chi connectivity index (χ1) is 9.10. The van der Waals surface area contributed by atoms with Crippen LogP contribution in [0.1, 0.15) is 24.8 Å². The number of carbonyl (C=O) groups is 1. The second-order valence-corrected chi connectivity index (χ2v) is 5.68. The number of likely N-dealkylation sites (tertiary alicyclic amines) is 1. The fraction of sp³-hybridized carbons (Fsp3) is 0.500. The minimum Gasteiger partial charge on any atom is -0.497 e. The molecular formula is C14H18BrNO3. The maximum absolute atomic E-state index is 10.9. The van der Waals surface area contributed by atoms with E-state index in [2.05, 4.69) is 20.8 Å². The molecule has 2 rings (SSSR count). The van der Waals surface area contributed by atoms with Crippen LogP contribution in [-0.4, -0.2) is 35.7 Å². The van der Waals surface area contributed by atoms with E-state index in [-0.39, 0.29) is 12.5 Å². The van der Waals surface area contributed by atoms with Crippen LogP contribution in [-0.2, 0) is 11.3 Å². The number of benzene rings is 1. The standard InChI is InChI=1S/C14H18BrNO3/c1-19-12-4-5-13(15)10(7-12)9-16-6-2-3-11(16)8-14(17)18/h4-5,7,11H,2-3,6,8-9H2,1H3,(H,17,18). The number of rotatable bonds is 5. The number of halogens is 1. The van der Waals surface area contributed by atoms with Gasteiger partial charge in [-0.05, 0) is 43.1 Å². The summed E-state index contributed by atoms with van der Waals surface area (Å²) >= 11 is 3.54. The van der Waals surface area contributed by atoms with E-state index in [1.165, 1.54) is 0 Å². The number of hydrogen-bond donors (Lipinski definition) is 1. The van der Waals surface area contributed by atoms with Crippen LogP contribution in [0.25, 0.3) is 0 Å². The molecule has 4 nitrogen and oxygen atoms in total.